The van der Waals surface area contributed by atoms with Crippen molar-refractivity contribution in [3.63, 3.8) is 0 Å². The average Bonchev–Trinajstić information content (AvgIpc) is 3.31. The number of amides is 1. The second kappa shape index (κ2) is 11.3. The van der Waals surface area contributed by atoms with Crippen molar-refractivity contribution < 1.29 is 13.2 Å². The Kier molecular flexibility index (Phi) is 8.15. The topological polar surface area (TPSA) is 92.5 Å². The Bertz CT molecular complexity index is 1130. The molecule has 0 bridgehead atoms. The molecule has 0 unspecified atom stereocenters. The van der Waals surface area contributed by atoms with Gasteiger partial charge in [0.25, 0.3) is 0 Å². The second-order valence-corrected chi connectivity index (χ2v) is 11.7. The Labute approximate surface area is 205 Å². The molecule has 3 N–H and O–H groups in total. The standard InChI is InChI=1S/C26H31N3O3S2/c27-34(31,32)26-12-11-23(33-26)19-25(30)28-22-13-16-29(17-14-22)18-15-24(20-7-3-1-4-8-20)21-9-5-2-6-10-21/h1-12,22,24H,13-19H2,(H,28,30)(H2,27,31,32). The summed E-state index contributed by atoms with van der Waals surface area (Å²) in [6, 6.07) is 24.6. The third-order valence-corrected chi connectivity index (χ3v) is 8.87. The Morgan fingerprint density at radius 3 is 2.09 bits per heavy atom. The zero-order valence-electron chi connectivity index (χ0n) is 19.1. The molecule has 8 heteroatoms. The molecule has 1 amide bonds. The monoisotopic (exact) mass is 497 g/mol. The van der Waals surface area contributed by atoms with E-state index in [9.17, 15) is 13.2 Å². The molecule has 180 valence electrons. The lowest BCUT2D eigenvalue weighted by Crippen LogP contribution is -2.45. The van der Waals surface area contributed by atoms with Gasteiger partial charge in [-0.25, -0.2) is 13.6 Å². The number of rotatable bonds is 9. The Morgan fingerprint density at radius 2 is 1.56 bits per heavy atom. The first-order valence-electron chi connectivity index (χ1n) is 11.6. The number of thiophene rings is 1. The fourth-order valence-electron chi connectivity index (χ4n) is 4.55. The first kappa shape index (κ1) is 24.6. The van der Waals surface area contributed by atoms with Crippen molar-refractivity contribution in [3.05, 3.63) is 88.8 Å². The van der Waals surface area contributed by atoms with E-state index in [1.54, 1.807) is 6.07 Å². The Morgan fingerprint density at radius 1 is 0.971 bits per heavy atom. The summed E-state index contributed by atoms with van der Waals surface area (Å²) < 4.78 is 22.9. The van der Waals surface area contributed by atoms with E-state index in [0.29, 0.717) is 10.8 Å². The predicted molar refractivity (Wildman–Crippen MR) is 136 cm³/mol. The van der Waals surface area contributed by atoms with Gasteiger partial charge >= 0.3 is 0 Å². The van der Waals surface area contributed by atoms with Gasteiger partial charge in [-0.15, -0.1) is 11.3 Å². The van der Waals surface area contributed by atoms with Gasteiger partial charge in [0.2, 0.25) is 15.9 Å². The number of hydrogen-bond donors (Lipinski definition) is 2. The van der Waals surface area contributed by atoms with Crippen LogP contribution in [-0.2, 0) is 21.2 Å². The van der Waals surface area contributed by atoms with Gasteiger partial charge in [-0.3, -0.25) is 4.79 Å². The molecule has 0 saturated carbocycles. The highest BCUT2D eigenvalue weighted by Gasteiger charge is 2.23. The molecular weight excluding hydrogens is 466 g/mol. The summed E-state index contributed by atoms with van der Waals surface area (Å²) >= 11 is 1.05. The van der Waals surface area contributed by atoms with Crippen LogP contribution in [0.15, 0.2) is 77.0 Å². The minimum Gasteiger partial charge on any atom is -0.353 e. The Hall–Kier alpha value is -2.52. The summed E-state index contributed by atoms with van der Waals surface area (Å²) in [6.07, 6.45) is 3.06. The minimum atomic E-state index is -3.72. The summed E-state index contributed by atoms with van der Waals surface area (Å²) in [5.74, 6) is 0.294. The molecule has 1 fully saturated rings. The first-order chi connectivity index (χ1) is 16.4. The maximum absolute atomic E-state index is 12.5. The SMILES string of the molecule is NS(=O)(=O)c1ccc(CC(=O)NC2CCN(CCC(c3ccccc3)c3ccccc3)CC2)s1. The zero-order valence-corrected chi connectivity index (χ0v) is 20.7. The number of benzene rings is 2. The third-order valence-electron chi connectivity index (χ3n) is 6.34. The largest absolute Gasteiger partial charge is 0.353 e. The van der Waals surface area contributed by atoms with Crippen molar-refractivity contribution >= 4 is 27.3 Å². The second-order valence-electron chi connectivity index (χ2n) is 8.79. The van der Waals surface area contributed by atoms with Crippen LogP contribution in [0.25, 0.3) is 0 Å². The van der Waals surface area contributed by atoms with Gasteiger partial charge in [0, 0.05) is 29.9 Å². The van der Waals surface area contributed by atoms with Crippen molar-refractivity contribution in [2.75, 3.05) is 19.6 Å². The van der Waals surface area contributed by atoms with Crippen molar-refractivity contribution in [1.82, 2.24) is 10.2 Å². The van der Waals surface area contributed by atoms with Crippen molar-refractivity contribution in [3.8, 4) is 0 Å². The predicted octanol–water partition coefficient (Wildman–Crippen LogP) is 3.74. The fourth-order valence-corrected chi connectivity index (χ4v) is 6.33. The maximum Gasteiger partial charge on any atom is 0.247 e. The summed E-state index contributed by atoms with van der Waals surface area (Å²) in [5.41, 5.74) is 2.69. The number of carbonyl (C=O) groups excluding carboxylic acids is 1. The van der Waals surface area contributed by atoms with Crippen LogP contribution in [0.2, 0.25) is 0 Å². The van der Waals surface area contributed by atoms with Gasteiger partial charge in [0.15, 0.2) is 0 Å². The maximum atomic E-state index is 12.5. The molecule has 0 aliphatic carbocycles. The van der Waals surface area contributed by atoms with E-state index >= 15 is 0 Å². The van der Waals surface area contributed by atoms with Gasteiger partial charge < -0.3 is 10.2 Å². The van der Waals surface area contributed by atoms with Crippen molar-refractivity contribution in [1.29, 1.82) is 0 Å². The average molecular weight is 498 g/mol. The molecule has 2 heterocycles. The molecular formula is C26H31N3O3S2. The lowest BCUT2D eigenvalue weighted by molar-refractivity contribution is -0.121. The van der Waals surface area contributed by atoms with Crippen LogP contribution in [0.4, 0.5) is 0 Å². The van der Waals surface area contributed by atoms with Crippen LogP contribution in [0.3, 0.4) is 0 Å². The van der Waals surface area contributed by atoms with Crippen LogP contribution in [0.1, 0.15) is 41.2 Å². The summed E-state index contributed by atoms with van der Waals surface area (Å²) in [7, 11) is -3.72. The first-order valence-corrected chi connectivity index (χ1v) is 14.0. The van der Waals surface area contributed by atoms with Crippen LogP contribution < -0.4 is 10.5 Å². The van der Waals surface area contributed by atoms with Gasteiger partial charge in [-0.05, 0) is 49.1 Å². The highest BCUT2D eigenvalue weighted by molar-refractivity contribution is 7.91. The normalized spacial score (nSPS) is 15.5. The number of nitrogens with two attached hydrogens (primary N) is 1. The molecule has 0 spiro atoms. The molecule has 6 nitrogen and oxygen atoms in total. The lowest BCUT2D eigenvalue weighted by atomic mass is 9.88. The number of piperidine rings is 1. The number of nitrogens with one attached hydrogen (secondary N) is 1. The summed E-state index contributed by atoms with van der Waals surface area (Å²) in [5, 5.41) is 8.26. The third kappa shape index (κ3) is 6.76. The Balaban J connectivity index is 1.25. The molecule has 1 saturated heterocycles. The van der Waals surface area contributed by atoms with E-state index < -0.39 is 10.0 Å². The van der Waals surface area contributed by atoms with E-state index in [-0.39, 0.29) is 22.6 Å². The van der Waals surface area contributed by atoms with Crippen LogP contribution in [0, 0.1) is 0 Å². The smallest absolute Gasteiger partial charge is 0.247 e. The molecule has 3 aromatic rings. The van der Waals surface area contributed by atoms with E-state index in [0.717, 1.165) is 50.2 Å². The number of primary sulfonamides is 1. The number of sulfonamides is 1. The van der Waals surface area contributed by atoms with Crippen LogP contribution >= 0.6 is 11.3 Å². The van der Waals surface area contributed by atoms with Crippen LogP contribution in [-0.4, -0.2) is 44.9 Å². The highest BCUT2D eigenvalue weighted by atomic mass is 32.2. The molecule has 4 rings (SSSR count). The van der Waals surface area contributed by atoms with Gasteiger partial charge in [-0.2, -0.15) is 0 Å². The quantitative estimate of drug-likeness (QED) is 0.471. The van der Waals surface area contributed by atoms with E-state index in [4.69, 9.17) is 5.14 Å². The minimum absolute atomic E-state index is 0.0745. The summed E-state index contributed by atoms with van der Waals surface area (Å²) in [4.78, 5) is 15.6. The van der Waals surface area contributed by atoms with E-state index in [2.05, 4.69) is 70.9 Å². The zero-order chi connectivity index (χ0) is 24.0. The number of carbonyl (C=O) groups is 1. The molecule has 1 aliphatic heterocycles. The van der Waals surface area contributed by atoms with E-state index in [1.165, 1.54) is 17.2 Å². The van der Waals surface area contributed by atoms with Crippen LogP contribution in [0.5, 0.6) is 0 Å². The van der Waals surface area contributed by atoms with Gasteiger partial charge in [0.05, 0.1) is 6.42 Å². The molecule has 1 aliphatic rings. The fraction of sp³-hybridized carbons (Fsp3) is 0.346. The lowest BCUT2D eigenvalue weighted by Gasteiger charge is -2.33. The van der Waals surface area contributed by atoms with Crippen molar-refractivity contribution in [2.24, 2.45) is 5.14 Å². The number of hydrogen-bond acceptors (Lipinski definition) is 5. The molecule has 0 radical (unpaired) electrons. The molecule has 2 aromatic carbocycles. The number of likely N-dealkylation sites (tertiary alicyclic amines) is 1. The molecule has 34 heavy (non-hydrogen) atoms. The van der Waals surface area contributed by atoms with Gasteiger partial charge in [0.1, 0.15) is 4.21 Å². The molecule has 0 atom stereocenters. The van der Waals surface area contributed by atoms with Crippen molar-refractivity contribution in [2.45, 2.75) is 41.9 Å². The highest BCUT2D eigenvalue weighted by Crippen LogP contribution is 2.28. The summed E-state index contributed by atoms with van der Waals surface area (Å²) in [6.45, 7) is 2.92. The van der Waals surface area contributed by atoms with E-state index in [1.807, 2.05) is 0 Å². The van der Waals surface area contributed by atoms with Gasteiger partial charge in [-0.1, -0.05) is 60.7 Å². The molecule has 1 aromatic heterocycles. The number of nitrogens with zero attached hydrogens (tertiary/aromatic N) is 1.